The van der Waals surface area contributed by atoms with E-state index in [0.29, 0.717) is 23.0 Å². The summed E-state index contributed by atoms with van der Waals surface area (Å²) < 4.78 is 2.13. The molecule has 1 aliphatic rings. The van der Waals surface area contributed by atoms with Gasteiger partial charge in [0, 0.05) is 17.8 Å². The summed E-state index contributed by atoms with van der Waals surface area (Å²) in [5.74, 6) is 1.58. The largest absolute Gasteiger partial charge is 0.380 e. The molecule has 1 aromatic heterocycles. The Kier molecular flexibility index (Phi) is 6.17. The molecule has 2 atom stereocenters. The summed E-state index contributed by atoms with van der Waals surface area (Å²) in [6.45, 7) is 7.02. The van der Waals surface area contributed by atoms with Gasteiger partial charge in [-0.15, -0.1) is 0 Å². The minimum atomic E-state index is -0.0498. The van der Waals surface area contributed by atoms with Crippen LogP contribution in [-0.4, -0.2) is 26.8 Å². The van der Waals surface area contributed by atoms with E-state index in [0.717, 1.165) is 10.9 Å². The fraction of sp³-hybridized carbons (Fsp3) is 0.733. The Hall–Kier alpha value is -0.490. The van der Waals surface area contributed by atoms with Gasteiger partial charge in [-0.25, -0.2) is 4.68 Å². The molecule has 1 N–H and O–H groups in total. The second kappa shape index (κ2) is 7.68. The van der Waals surface area contributed by atoms with E-state index in [-0.39, 0.29) is 5.56 Å². The van der Waals surface area contributed by atoms with Crippen LogP contribution in [0.15, 0.2) is 15.5 Å². The highest BCUT2D eigenvalue weighted by molar-refractivity contribution is 9.10. The van der Waals surface area contributed by atoms with Crippen LogP contribution in [0.2, 0.25) is 0 Å². The lowest BCUT2D eigenvalue weighted by Crippen LogP contribution is -2.27. The van der Waals surface area contributed by atoms with E-state index < -0.39 is 0 Å². The third-order valence-electron chi connectivity index (χ3n) is 3.67. The van der Waals surface area contributed by atoms with Crippen molar-refractivity contribution >= 4 is 33.4 Å². The molecule has 0 radical (unpaired) electrons. The molecule has 1 saturated carbocycles. The molecule has 0 spiro atoms. The average Bonchev–Trinajstić information content (AvgIpc) is 2.86. The van der Waals surface area contributed by atoms with Crippen LogP contribution >= 0.6 is 27.7 Å². The zero-order valence-corrected chi connectivity index (χ0v) is 15.3. The van der Waals surface area contributed by atoms with Crippen molar-refractivity contribution in [3.8, 4) is 0 Å². The number of nitrogens with one attached hydrogen (secondary N) is 1. The monoisotopic (exact) mass is 373 g/mol. The maximum Gasteiger partial charge on any atom is 0.283 e. The molecule has 118 valence electrons. The van der Waals surface area contributed by atoms with Gasteiger partial charge in [0.1, 0.15) is 4.47 Å². The van der Waals surface area contributed by atoms with Crippen LogP contribution in [0.4, 0.5) is 5.69 Å². The van der Waals surface area contributed by atoms with E-state index in [4.69, 9.17) is 0 Å². The molecule has 6 heteroatoms. The van der Waals surface area contributed by atoms with E-state index in [1.54, 1.807) is 6.20 Å². The lowest BCUT2D eigenvalue weighted by atomic mass is 10.2. The van der Waals surface area contributed by atoms with E-state index in [1.165, 1.54) is 29.7 Å². The number of thioether (sulfide) groups is 1. The first kappa shape index (κ1) is 16.9. The van der Waals surface area contributed by atoms with Gasteiger partial charge < -0.3 is 5.32 Å². The van der Waals surface area contributed by atoms with Crippen LogP contribution in [0.1, 0.15) is 40.0 Å². The van der Waals surface area contributed by atoms with Crippen LogP contribution in [0.25, 0.3) is 0 Å². The summed E-state index contributed by atoms with van der Waals surface area (Å²) in [7, 11) is 0. The van der Waals surface area contributed by atoms with Crippen LogP contribution in [0, 0.1) is 5.92 Å². The summed E-state index contributed by atoms with van der Waals surface area (Å²) in [6.07, 6.45) is 5.36. The van der Waals surface area contributed by atoms with Crippen molar-refractivity contribution in [2.75, 3.05) is 11.1 Å². The summed E-state index contributed by atoms with van der Waals surface area (Å²) in [4.78, 5) is 12.3. The minimum Gasteiger partial charge on any atom is -0.380 e. The SMILES string of the molecule is CCSC1CCC(Nc2cnn(CC(C)C)c(=O)c2Br)C1. The maximum atomic E-state index is 12.3. The maximum absolute atomic E-state index is 12.3. The fourth-order valence-electron chi connectivity index (χ4n) is 2.72. The van der Waals surface area contributed by atoms with Crippen LogP contribution in [0.3, 0.4) is 0 Å². The number of hydrogen-bond acceptors (Lipinski definition) is 4. The topological polar surface area (TPSA) is 46.9 Å². The van der Waals surface area contributed by atoms with Gasteiger partial charge in [-0.05, 0) is 46.9 Å². The van der Waals surface area contributed by atoms with Gasteiger partial charge in [0.05, 0.1) is 11.9 Å². The summed E-state index contributed by atoms with van der Waals surface area (Å²) in [6, 6.07) is 0.451. The summed E-state index contributed by atoms with van der Waals surface area (Å²) >= 11 is 5.47. The highest BCUT2D eigenvalue weighted by Gasteiger charge is 2.25. The van der Waals surface area contributed by atoms with E-state index in [1.807, 2.05) is 11.8 Å². The summed E-state index contributed by atoms with van der Waals surface area (Å²) in [5.41, 5.74) is 0.776. The molecule has 1 heterocycles. The number of anilines is 1. The van der Waals surface area contributed by atoms with E-state index in [9.17, 15) is 4.79 Å². The third-order valence-corrected chi connectivity index (χ3v) is 5.67. The number of nitrogens with zero attached hydrogens (tertiary/aromatic N) is 2. The second-order valence-corrected chi connectivity index (χ2v) is 8.36. The van der Waals surface area contributed by atoms with Crippen molar-refractivity contribution in [3.05, 3.63) is 21.0 Å². The van der Waals surface area contributed by atoms with Gasteiger partial charge in [0.15, 0.2) is 0 Å². The van der Waals surface area contributed by atoms with Crippen molar-refractivity contribution in [1.29, 1.82) is 0 Å². The van der Waals surface area contributed by atoms with Gasteiger partial charge in [-0.1, -0.05) is 20.8 Å². The van der Waals surface area contributed by atoms with Crippen molar-refractivity contribution in [2.24, 2.45) is 5.92 Å². The molecule has 0 bridgehead atoms. The predicted molar refractivity (Wildman–Crippen MR) is 94.2 cm³/mol. The number of rotatable bonds is 6. The Bertz CT molecular complexity index is 532. The Morgan fingerprint density at radius 2 is 2.29 bits per heavy atom. The molecule has 2 unspecified atom stereocenters. The first-order chi connectivity index (χ1) is 10.0. The zero-order chi connectivity index (χ0) is 15.4. The zero-order valence-electron chi connectivity index (χ0n) is 12.9. The first-order valence-corrected chi connectivity index (χ1v) is 9.49. The van der Waals surface area contributed by atoms with Gasteiger partial charge in [0.25, 0.3) is 5.56 Å². The molecule has 1 aromatic rings. The second-order valence-electron chi connectivity index (χ2n) is 5.98. The average molecular weight is 374 g/mol. The number of halogens is 1. The predicted octanol–water partition coefficient (Wildman–Crippen LogP) is 3.75. The molecular formula is C15H24BrN3OS. The first-order valence-electron chi connectivity index (χ1n) is 7.65. The van der Waals surface area contributed by atoms with Crippen LogP contribution in [0.5, 0.6) is 0 Å². The van der Waals surface area contributed by atoms with Gasteiger partial charge in [-0.3, -0.25) is 4.79 Å². The van der Waals surface area contributed by atoms with Crippen molar-refractivity contribution < 1.29 is 0 Å². The Labute approximate surface area is 139 Å². The van der Waals surface area contributed by atoms with Crippen molar-refractivity contribution in [2.45, 2.75) is 57.9 Å². The Balaban J connectivity index is 2.05. The molecule has 0 saturated heterocycles. The fourth-order valence-corrected chi connectivity index (χ4v) is 4.28. The molecule has 0 amide bonds. The molecule has 0 aromatic carbocycles. The number of aromatic nitrogens is 2. The molecule has 4 nitrogen and oxygen atoms in total. The molecule has 0 aliphatic heterocycles. The van der Waals surface area contributed by atoms with E-state index in [2.05, 4.69) is 47.1 Å². The molecule has 21 heavy (non-hydrogen) atoms. The van der Waals surface area contributed by atoms with Gasteiger partial charge in [-0.2, -0.15) is 16.9 Å². The lowest BCUT2D eigenvalue weighted by molar-refractivity contribution is 0.462. The highest BCUT2D eigenvalue weighted by atomic mass is 79.9. The van der Waals surface area contributed by atoms with E-state index >= 15 is 0 Å². The molecule has 1 aliphatic carbocycles. The Morgan fingerprint density at radius 3 is 2.95 bits per heavy atom. The molecular weight excluding hydrogens is 350 g/mol. The quantitative estimate of drug-likeness (QED) is 0.824. The highest BCUT2D eigenvalue weighted by Crippen LogP contribution is 2.32. The standard InChI is InChI=1S/C15H24BrN3OS/c1-4-21-12-6-5-11(7-12)18-13-8-17-19(9-10(2)3)15(20)14(13)16/h8,10-12,18H,4-7,9H2,1-3H3. The third kappa shape index (κ3) is 4.49. The normalized spacial score (nSPS) is 22.0. The lowest BCUT2D eigenvalue weighted by Gasteiger charge is -2.16. The van der Waals surface area contributed by atoms with Gasteiger partial charge in [0.2, 0.25) is 0 Å². The minimum absolute atomic E-state index is 0.0498. The van der Waals surface area contributed by atoms with Crippen molar-refractivity contribution in [3.63, 3.8) is 0 Å². The molecule has 1 fully saturated rings. The smallest absolute Gasteiger partial charge is 0.283 e. The number of hydrogen-bond donors (Lipinski definition) is 1. The summed E-state index contributed by atoms with van der Waals surface area (Å²) in [5, 5.41) is 8.52. The Morgan fingerprint density at radius 1 is 1.52 bits per heavy atom. The van der Waals surface area contributed by atoms with Crippen LogP contribution in [-0.2, 0) is 6.54 Å². The molecule has 2 rings (SSSR count). The van der Waals surface area contributed by atoms with Gasteiger partial charge >= 0.3 is 0 Å². The van der Waals surface area contributed by atoms with Crippen molar-refractivity contribution in [1.82, 2.24) is 9.78 Å². The van der Waals surface area contributed by atoms with Crippen LogP contribution < -0.4 is 10.9 Å².